The highest BCUT2D eigenvalue weighted by atomic mass is 19.4. The van der Waals surface area contributed by atoms with Gasteiger partial charge in [-0.05, 0) is 18.2 Å². The van der Waals surface area contributed by atoms with Crippen LogP contribution < -0.4 is 4.74 Å². The third-order valence-corrected chi connectivity index (χ3v) is 1.69. The fraction of sp³-hybridized carbons (Fsp3) is 0.0909. The van der Waals surface area contributed by atoms with Crippen molar-refractivity contribution in [3.63, 3.8) is 0 Å². The second-order valence-electron chi connectivity index (χ2n) is 3.11. The van der Waals surface area contributed by atoms with Crippen LogP contribution in [-0.4, -0.2) is 27.4 Å². The van der Waals surface area contributed by atoms with Gasteiger partial charge in [0.15, 0.2) is 0 Å². The number of carbonyl (C=O) groups is 1. The lowest BCUT2D eigenvalue weighted by Gasteiger charge is -2.04. The van der Waals surface area contributed by atoms with Crippen molar-refractivity contribution in [2.24, 2.45) is 0 Å². The first-order chi connectivity index (χ1) is 8.88. The Labute approximate surface area is 105 Å². The Morgan fingerprint density at radius 1 is 1.32 bits per heavy atom. The minimum atomic E-state index is -4.60. The normalized spacial score (nSPS) is 10.3. The van der Waals surface area contributed by atoms with Crippen molar-refractivity contribution in [3.05, 3.63) is 48.5 Å². The number of halogens is 3. The number of hydrogen-bond acceptors (Lipinski definition) is 3. The van der Waals surface area contributed by atoms with Gasteiger partial charge >= 0.3 is 12.3 Å². The number of aromatic amines is 1. The van der Waals surface area contributed by atoms with Crippen LogP contribution in [0.25, 0.3) is 0 Å². The van der Waals surface area contributed by atoms with Gasteiger partial charge in [0.05, 0.1) is 0 Å². The average molecular weight is 274 g/mol. The maximum absolute atomic E-state index is 11.4. The molecule has 2 aromatic rings. The Hall–Kier alpha value is -2.51. The van der Waals surface area contributed by atoms with E-state index in [-0.39, 0.29) is 11.4 Å². The van der Waals surface area contributed by atoms with Crippen molar-refractivity contribution in [1.82, 2.24) is 9.97 Å². The first-order valence-corrected chi connectivity index (χ1v) is 4.91. The van der Waals surface area contributed by atoms with Gasteiger partial charge in [-0.2, -0.15) is 0 Å². The molecular formula is C11H9F3N2O3. The number of aromatic nitrogens is 2. The summed E-state index contributed by atoms with van der Waals surface area (Å²) in [6.45, 7) is 0. The molecule has 2 heterocycles. The number of hydrogen-bond donors (Lipinski definition) is 2. The van der Waals surface area contributed by atoms with Crippen molar-refractivity contribution in [2.75, 3.05) is 0 Å². The van der Waals surface area contributed by atoms with Crippen molar-refractivity contribution >= 4 is 5.97 Å². The second-order valence-corrected chi connectivity index (χ2v) is 3.11. The number of ether oxygens (including phenoxy) is 1. The van der Waals surface area contributed by atoms with Gasteiger partial charge < -0.3 is 14.8 Å². The van der Waals surface area contributed by atoms with E-state index in [1.807, 2.05) is 0 Å². The van der Waals surface area contributed by atoms with E-state index in [0.717, 1.165) is 6.20 Å². The smallest absolute Gasteiger partial charge is 0.477 e. The predicted molar refractivity (Wildman–Crippen MR) is 58.7 cm³/mol. The summed E-state index contributed by atoms with van der Waals surface area (Å²) in [5, 5.41) is 8.32. The van der Waals surface area contributed by atoms with Gasteiger partial charge in [-0.25, -0.2) is 9.78 Å². The summed E-state index contributed by atoms with van der Waals surface area (Å²) >= 11 is 0. The lowest BCUT2D eigenvalue weighted by Crippen LogP contribution is -2.16. The number of carboxylic acids is 1. The van der Waals surface area contributed by atoms with E-state index < -0.39 is 12.3 Å². The van der Waals surface area contributed by atoms with Gasteiger partial charge in [-0.3, -0.25) is 0 Å². The van der Waals surface area contributed by atoms with Crippen molar-refractivity contribution in [1.29, 1.82) is 0 Å². The molecule has 0 aliphatic carbocycles. The Morgan fingerprint density at radius 3 is 2.42 bits per heavy atom. The molecule has 0 radical (unpaired) electrons. The van der Waals surface area contributed by atoms with Gasteiger partial charge in [0.25, 0.3) is 0 Å². The van der Waals surface area contributed by atoms with E-state index in [9.17, 15) is 18.0 Å². The van der Waals surface area contributed by atoms with Crippen molar-refractivity contribution in [2.45, 2.75) is 6.36 Å². The summed E-state index contributed by atoms with van der Waals surface area (Å²) in [5.41, 5.74) is 0.0810. The van der Waals surface area contributed by atoms with Crippen LogP contribution in [0.2, 0.25) is 0 Å². The molecule has 102 valence electrons. The van der Waals surface area contributed by atoms with Crippen molar-refractivity contribution < 1.29 is 27.8 Å². The van der Waals surface area contributed by atoms with Crippen LogP contribution in [0.15, 0.2) is 42.9 Å². The Kier molecular flexibility index (Phi) is 4.92. The molecule has 0 aliphatic heterocycles. The molecular weight excluding hydrogens is 265 g/mol. The predicted octanol–water partition coefficient (Wildman–Crippen LogP) is 2.69. The summed E-state index contributed by atoms with van der Waals surface area (Å²) < 4.78 is 37.7. The number of nitrogens with zero attached hydrogens (tertiary/aromatic N) is 1. The van der Waals surface area contributed by atoms with Gasteiger partial charge in [0, 0.05) is 18.6 Å². The zero-order chi connectivity index (χ0) is 14.3. The number of nitrogens with one attached hydrogen (secondary N) is 1. The molecule has 0 amide bonds. The lowest BCUT2D eigenvalue weighted by molar-refractivity contribution is -0.274. The molecule has 19 heavy (non-hydrogen) atoms. The molecule has 0 fully saturated rings. The highest BCUT2D eigenvalue weighted by Gasteiger charge is 2.31. The molecule has 0 unspecified atom stereocenters. The Bertz CT molecular complexity index is 498. The van der Waals surface area contributed by atoms with Crippen molar-refractivity contribution in [3.8, 4) is 5.75 Å². The molecule has 2 N–H and O–H groups in total. The Morgan fingerprint density at radius 2 is 2.05 bits per heavy atom. The molecule has 0 saturated carbocycles. The highest BCUT2D eigenvalue weighted by Crippen LogP contribution is 2.21. The molecule has 0 saturated heterocycles. The van der Waals surface area contributed by atoms with Crippen LogP contribution in [0, 0.1) is 0 Å². The molecule has 0 aromatic carbocycles. The molecule has 8 heteroatoms. The first kappa shape index (κ1) is 14.6. The molecule has 0 bridgehead atoms. The van der Waals surface area contributed by atoms with Crippen LogP contribution in [0.3, 0.4) is 0 Å². The maximum Gasteiger partial charge on any atom is 0.573 e. The van der Waals surface area contributed by atoms with E-state index in [2.05, 4.69) is 14.7 Å². The summed E-state index contributed by atoms with van der Waals surface area (Å²) in [6.07, 6.45) is -0.680. The zero-order valence-corrected chi connectivity index (χ0v) is 9.39. The van der Waals surface area contributed by atoms with E-state index in [4.69, 9.17) is 5.11 Å². The third-order valence-electron chi connectivity index (χ3n) is 1.69. The monoisotopic (exact) mass is 274 g/mol. The van der Waals surface area contributed by atoms with E-state index in [0.29, 0.717) is 0 Å². The van der Waals surface area contributed by atoms with E-state index >= 15 is 0 Å². The minimum absolute atomic E-state index is 0.0810. The molecule has 0 spiro atoms. The van der Waals surface area contributed by atoms with Gasteiger partial charge in [0.2, 0.25) is 0 Å². The molecule has 2 aromatic heterocycles. The quantitative estimate of drug-likeness (QED) is 0.882. The van der Waals surface area contributed by atoms with E-state index in [1.165, 1.54) is 24.5 Å². The summed E-state index contributed by atoms with van der Waals surface area (Å²) in [5.74, 6) is -1.22. The largest absolute Gasteiger partial charge is 0.573 e. The second kappa shape index (κ2) is 6.43. The first-order valence-electron chi connectivity index (χ1n) is 4.91. The minimum Gasteiger partial charge on any atom is -0.477 e. The average Bonchev–Trinajstić information content (AvgIpc) is 2.81. The fourth-order valence-corrected chi connectivity index (χ4v) is 0.995. The number of alkyl halides is 3. The molecule has 0 aliphatic rings. The molecule has 5 nitrogen and oxygen atoms in total. The van der Waals surface area contributed by atoms with Crippen LogP contribution in [-0.2, 0) is 0 Å². The number of rotatable bonds is 2. The van der Waals surface area contributed by atoms with E-state index in [1.54, 1.807) is 12.1 Å². The van der Waals surface area contributed by atoms with Gasteiger partial charge in [-0.1, -0.05) is 6.07 Å². The third kappa shape index (κ3) is 6.10. The molecule has 2 rings (SSSR count). The summed E-state index contributed by atoms with van der Waals surface area (Å²) in [4.78, 5) is 16.1. The number of H-pyrrole nitrogens is 1. The zero-order valence-electron chi connectivity index (χ0n) is 9.39. The maximum atomic E-state index is 11.4. The Balaban J connectivity index is 0.000000191. The number of carboxylic acid groups (broad SMARTS) is 1. The van der Waals surface area contributed by atoms with Crippen LogP contribution in [0.1, 0.15) is 10.5 Å². The van der Waals surface area contributed by atoms with Crippen LogP contribution >= 0.6 is 0 Å². The summed E-state index contributed by atoms with van der Waals surface area (Å²) in [6, 6.07) is 5.94. The van der Waals surface area contributed by atoms with Crippen LogP contribution in [0.4, 0.5) is 13.2 Å². The topological polar surface area (TPSA) is 75.2 Å². The number of aromatic carboxylic acids is 1. The lowest BCUT2D eigenvalue weighted by atomic mass is 10.4. The SMILES string of the molecule is FC(F)(F)Oc1cc[nH]c1.O=C(O)c1ccccn1. The van der Waals surface area contributed by atoms with Gasteiger partial charge in [0.1, 0.15) is 11.4 Å². The fourth-order valence-electron chi connectivity index (χ4n) is 0.995. The summed E-state index contributed by atoms with van der Waals surface area (Å²) in [7, 11) is 0. The van der Waals surface area contributed by atoms with Crippen LogP contribution in [0.5, 0.6) is 5.75 Å². The number of pyridine rings is 1. The van der Waals surface area contributed by atoms with Gasteiger partial charge in [-0.15, -0.1) is 13.2 Å². The molecule has 0 atom stereocenters. The standard InChI is InChI=1S/C6H5NO2.C5H4F3NO/c8-6(9)5-3-1-2-4-7-5;6-5(7,8)10-4-1-2-9-3-4/h1-4H,(H,8,9);1-3,9H. The highest BCUT2D eigenvalue weighted by molar-refractivity contribution is 5.85.